The van der Waals surface area contributed by atoms with Crippen molar-refractivity contribution in [1.82, 2.24) is 24.6 Å². The number of fused-ring (bicyclic) bond motifs is 1. The summed E-state index contributed by atoms with van der Waals surface area (Å²) in [6, 6.07) is 0. The standard InChI is InChI=1S/C11H15N5O/c1-3-4-12-5-6-16-8-13-10-9(11(16)17)7-14-15(10)2/h3,7-8,12H,1,4-6H2,2H3. The molecule has 2 aromatic heterocycles. The highest BCUT2D eigenvalue weighted by Gasteiger charge is 2.07. The molecule has 0 bridgehead atoms. The van der Waals surface area contributed by atoms with Crippen molar-refractivity contribution >= 4 is 11.0 Å². The minimum Gasteiger partial charge on any atom is -0.312 e. The molecule has 6 heteroatoms. The molecule has 0 saturated heterocycles. The first-order valence-corrected chi connectivity index (χ1v) is 5.43. The van der Waals surface area contributed by atoms with Gasteiger partial charge in [0.1, 0.15) is 11.7 Å². The fraction of sp³-hybridized carbons (Fsp3) is 0.364. The first kappa shape index (κ1) is 11.5. The van der Waals surface area contributed by atoms with Gasteiger partial charge in [-0.3, -0.25) is 14.0 Å². The first-order valence-electron chi connectivity index (χ1n) is 5.43. The minimum atomic E-state index is -0.0523. The van der Waals surface area contributed by atoms with Gasteiger partial charge in [0, 0.05) is 26.7 Å². The summed E-state index contributed by atoms with van der Waals surface area (Å²) in [4.78, 5) is 16.2. The topological polar surface area (TPSA) is 64.7 Å². The smallest absolute Gasteiger partial charge is 0.264 e. The van der Waals surface area contributed by atoms with Crippen LogP contribution < -0.4 is 10.9 Å². The molecule has 90 valence electrons. The molecule has 0 spiro atoms. The van der Waals surface area contributed by atoms with E-state index >= 15 is 0 Å². The molecule has 0 radical (unpaired) electrons. The van der Waals surface area contributed by atoms with Gasteiger partial charge in [-0.15, -0.1) is 6.58 Å². The lowest BCUT2D eigenvalue weighted by Gasteiger charge is -2.05. The molecule has 0 fully saturated rings. The van der Waals surface area contributed by atoms with E-state index in [2.05, 4.69) is 22.0 Å². The van der Waals surface area contributed by atoms with Crippen LogP contribution in [-0.2, 0) is 13.6 Å². The molecule has 0 aromatic carbocycles. The molecule has 2 rings (SSSR count). The van der Waals surface area contributed by atoms with Crippen molar-refractivity contribution in [3.63, 3.8) is 0 Å². The number of aryl methyl sites for hydroxylation is 1. The third-order valence-electron chi connectivity index (χ3n) is 2.54. The Morgan fingerprint density at radius 1 is 1.59 bits per heavy atom. The normalized spacial score (nSPS) is 10.9. The quantitative estimate of drug-likeness (QED) is 0.579. The zero-order valence-electron chi connectivity index (χ0n) is 9.76. The molecular formula is C11H15N5O. The van der Waals surface area contributed by atoms with Crippen LogP contribution in [0.5, 0.6) is 0 Å². The highest BCUT2D eigenvalue weighted by atomic mass is 16.1. The molecule has 6 nitrogen and oxygen atoms in total. The van der Waals surface area contributed by atoms with E-state index in [4.69, 9.17) is 0 Å². The number of rotatable bonds is 5. The Labute approximate surface area is 98.6 Å². The molecule has 0 unspecified atom stereocenters. The maximum absolute atomic E-state index is 12.0. The Morgan fingerprint density at radius 3 is 3.18 bits per heavy atom. The molecule has 1 N–H and O–H groups in total. The molecule has 0 saturated carbocycles. The van der Waals surface area contributed by atoms with Gasteiger partial charge in [-0.1, -0.05) is 6.08 Å². The van der Waals surface area contributed by atoms with Crippen LogP contribution in [0.15, 0.2) is 30.0 Å². The molecule has 0 aliphatic heterocycles. The molecule has 2 aromatic rings. The van der Waals surface area contributed by atoms with E-state index in [0.717, 1.165) is 6.54 Å². The van der Waals surface area contributed by atoms with Crippen molar-refractivity contribution in [1.29, 1.82) is 0 Å². The van der Waals surface area contributed by atoms with Gasteiger partial charge < -0.3 is 5.32 Å². The van der Waals surface area contributed by atoms with E-state index < -0.39 is 0 Å². The molecule has 0 amide bonds. The summed E-state index contributed by atoms with van der Waals surface area (Å²) in [6.45, 7) is 5.64. The summed E-state index contributed by atoms with van der Waals surface area (Å²) < 4.78 is 3.18. The minimum absolute atomic E-state index is 0.0523. The van der Waals surface area contributed by atoms with Crippen molar-refractivity contribution < 1.29 is 0 Å². The van der Waals surface area contributed by atoms with E-state index in [0.29, 0.717) is 24.1 Å². The maximum Gasteiger partial charge on any atom is 0.264 e. The van der Waals surface area contributed by atoms with Gasteiger partial charge in [-0.25, -0.2) is 4.98 Å². The van der Waals surface area contributed by atoms with Crippen LogP contribution in [0, 0.1) is 0 Å². The van der Waals surface area contributed by atoms with Gasteiger partial charge in [0.2, 0.25) is 0 Å². The molecular weight excluding hydrogens is 218 g/mol. The highest BCUT2D eigenvalue weighted by Crippen LogP contribution is 2.02. The molecule has 0 atom stereocenters. The van der Waals surface area contributed by atoms with E-state index in [1.165, 1.54) is 0 Å². The van der Waals surface area contributed by atoms with Gasteiger partial charge >= 0.3 is 0 Å². The van der Waals surface area contributed by atoms with Crippen molar-refractivity contribution in [3.05, 3.63) is 35.5 Å². The first-order chi connectivity index (χ1) is 8.24. The largest absolute Gasteiger partial charge is 0.312 e. The second kappa shape index (κ2) is 4.92. The van der Waals surface area contributed by atoms with Gasteiger partial charge in [0.15, 0.2) is 5.65 Å². The van der Waals surface area contributed by atoms with Crippen LogP contribution >= 0.6 is 0 Å². The van der Waals surface area contributed by atoms with Crippen molar-refractivity contribution in [3.8, 4) is 0 Å². The van der Waals surface area contributed by atoms with E-state index in [-0.39, 0.29) is 5.56 Å². The number of hydrogen-bond donors (Lipinski definition) is 1. The lowest BCUT2D eigenvalue weighted by atomic mass is 10.4. The summed E-state index contributed by atoms with van der Waals surface area (Å²) in [6.07, 6.45) is 4.89. The van der Waals surface area contributed by atoms with Crippen LogP contribution in [0.4, 0.5) is 0 Å². The summed E-state index contributed by atoms with van der Waals surface area (Å²) in [5.41, 5.74) is 0.564. The van der Waals surface area contributed by atoms with Gasteiger partial charge in [-0.2, -0.15) is 5.10 Å². The van der Waals surface area contributed by atoms with Crippen molar-refractivity contribution in [2.45, 2.75) is 6.54 Å². The predicted molar refractivity (Wildman–Crippen MR) is 65.8 cm³/mol. The highest BCUT2D eigenvalue weighted by molar-refractivity contribution is 5.72. The Hall–Kier alpha value is -1.95. The summed E-state index contributed by atoms with van der Waals surface area (Å²) >= 11 is 0. The number of hydrogen-bond acceptors (Lipinski definition) is 4. The lowest BCUT2D eigenvalue weighted by molar-refractivity contribution is 0.605. The average molecular weight is 233 g/mol. The summed E-state index contributed by atoms with van der Waals surface area (Å²) in [7, 11) is 1.77. The molecule has 0 aliphatic carbocycles. The van der Waals surface area contributed by atoms with E-state index in [9.17, 15) is 4.79 Å². The lowest BCUT2D eigenvalue weighted by Crippen LogP contribution is -2.27. The fourth-order valence-corrected chi connectivity index (χ4v) is 1.63. The van der Waals surface area contributed by atoms with Crippen molar-refractivity contribution in [2.75, 3.05) is 13.1 Å². The molecule has 2 heterocycles. The van der Waals surface area contributed by atoms with Crippen LogP contribution in [0.1, 0.15) is 0 Å². The number of nitrogens with one attached hydrogen (secondary N) is 1. The summed E-state index contributed by atoms with van der Waals surface area (Å²) in [5, 5.41) is 7.71. The van der Waals surface area contributed by atoms with E-state index in [1.54, 1.807) is 34.9 Å². The van der Waals surface area contributed by atoms with Crippen LogP contribution in [0.2, 0.25) is 0 Å². The second-order valence-corrected chi connectivity index (χ2v) is 3.74. The Balaban J connectivity index is 2.21. The monoisotopic (exact) mass is 233 g/mol. The summed E-state index contributed by atoms with van der Waals surface area (Å²) in [5.74, 6) is 0. The second-order valence-electron chi connectivity index (χ2n) is 3.74. The SMILES string of the molecule is C=CCNCCn1cnc2c(cnn2C)c1=O. The Morgan fingerprint density at radius 2 is 2.41 bits per heavy atom. The van der Waals surface area contributed by atoms with Crippen LogP contribution in [0.3, 0.4) is 0 Å². The molecule has 17 heavy (non-hydrogen) atoms. The third-order valence-corrected chi connectivity index (χ3v) is 2.54. The van der Waals surface area contributed by atoms with Crippen LogP contribution in [-0.4, -0.2) is 32.4 Å². The molecule has 0 aliphatic rings. The van der Waals surface area contributed by atoms with E-state index in [1.807, 2.05) is 0 Å². The Kier molecular flexibility index (Phi) is 3.34. The zero-order chi connectivity index (χ0) is 12.3. The maximum atomic E-state index is 12.0. The Bertz CT molecular complexity index is 583. The number of nitrogens with zero attached hydrogens (tertiary/aromatic N) is 4. The number of aromatic nitrogens is 4. The predicted octanol–water partition coefficient (Wildman–Crippen LogP) is -0.0944. The van der Waals surface area contributed by atoms with Gasteiger partial charge in [0.25, 0.3) is 5.56 Å². The van der Waals surface area contributed by atoms with Gasteiger partial charge in [0.05, 0.1) is 6.20 Å². The van der Waals surface area contributed by atoms with Crippen molar-refractivity contribution in [2.24, 2.45) is 7.05 Å². The van der Waals surface area contributed by atoms with Crippen LogP contribution in [0.25, 0.3) is 11.0 Å². The average Bonchev–Trinajstić information content (AvgIpc) is 2.70. The third kappa shape index (κ3) is 2.26. The fourth-order valence-electron chi connectivity index (χ4n) is 1.63. The zero-order valence-corrected chi connectivity index (χ0v) is 9.76. The van der Waals surface area contributed by atoms with Gasteiger partial charge in [-0.05, 0) is 0 Å².